The minimum absolute atomic E-state index is 1.05. The molecule has 0 radical (unpaired) electrons. The van der Waals surface area contributed by atoms with E-state index in [1.165, 1.54) is 261 Å². The predicted molar refractivity (Wildman–Crippen MR) is 278 cm³/mol. The van der Waals surface area contributed by atoms with E-state index in [4.69, 9.17) is 8.83 Å². The van der Waals surface area contributed by atoms with Crippen LogP contribution < -0.4 is 0 Å². The lowest BCUT2D eigenvalue weighted by Crippen LogP contribution is -1.89. The van der Waals surface area contributed by atoms with Crippen LogP contribution in [0.15, 0.2) is 43.9 Å². The van der Waals surface area contributed by atoms with Crippen molar-refractivity contribution in [3.8, 4) is 21.3 Å². The fourth-order valence-electron chi connectivity index (χ4n) is 9.73. The normalized spacial score (nSPS) is 11.9. The maximum Gasteiger partial charge on any atom is 0.148 e. The molecule has 1 aromatic carbocycles. The molecule has 0 bridgehead atoms. The zero-order valence-corrected chi connectivity index (χ0v) is 42.2. The van der Waals surface area contributed by atoms with Gasteiger partial charge < -0.3 is 8.83 Å². The molecule has 0 fully saturated rings. The molecule has 0 N–H and O–H groups in total. The Balaban J connectivity index is 1.35. The number of hydrogen-bond donors (Lipinski definition) is 0. The first-order chi connectivity index (χ1) is 30.7. The van der Waals surface area contributed by atoms with E-state index in [1.807, 2.05) is 22.7 Å². The van der Waals surface area contributed by atoms with E-state index in [1.54, 1.807) is 0 Å². The molecule has 5 aromatic rings. The van der Waals surface area contributed by atoms with Crippen LogP contribution in [0.25, 0.3) is 43.2 Å². The number of aryl methyl sites for hydroxylation is 4. The van der Waals surface area contributed by atoms with E-state index in [2.05, 4.69) is 62.7 Å². The number of furan rings is 2. The van der Waals surface area contributed by atoms with Crippen LogP contribution in [0, 0.1) is 0 Å². The van der Waals surface area contributed by atoms with Crippen molar-refractivity contribution in [3.63, 3.8) is 0 Å². The van der Waals surface area contributed by atoms with E-state index in [0.29, 0.717) is 0 Å². The van der Waals surface area contributed by atoms with Crippen LogP contribution in [0.1, 0.15) is 255 Å². The summed E-state index contributed by atoms with van der Waals surface area (Å²) in [4.78, 5) is 2.62. The van der Waals surface area contributed by atoms with Crippen LogP contribution in [0.5, 0.6) is 0 Å². The van der Waals surface area contributed by atoms with E-state index >= 15 is 0 Å². The fourth-order valence-corrected chi connectivity index (χ4v) is 11.6. The van der Waals surface area contributed by atoms with E-state index in [0.717, 1.165) is 35.5 Å². The van der Waals surface area contributed by atoms with Crippen molar-refractivity contribution < 1.29 is 8.83 Å². The standard InChI is InChI=1S/C58H90O2S2/c1-5-9-13-17-21-25-29-33-37-47-41-55(61-45-47)57-49(39-35-31-27-23-19-15-11-7-3)51-43-54-52(44-53(51)59-57)50(40-36-32-28-24-20-16-12-8-4)58(60-54)56-42-48(46-62-56)38-34-30-26-22-18-14-10-6-2/h41-46H,5-40H2,1-4H3. The molecule has 4 heteroatoms. The van der Waals surface area contributed by atoms with Gasteiger partial charge in [0.05, 0.1) is 9.75 Å². The lowest BCUT2D eigenvalue weighted by molar-refractivity contribution is 0.573. The van der Waals surface area contributed by atoms with Crippen LogP contribution in [-0.4, -0.2) is 0 Å². The van der Waals surface area contributed by atoms with Crippen LogP contribution >= 0.6 is 22.7 Å². The molecular weight excluding hydrogens is 793 g/mol. The molecule has 0 saturated carbocycles. The number of rotatable bonds is 38. The second kappa shape index (κ2) is 30.8. The van der Waals surface area contributed by atoms with Gasteiger partial charge in [0, 0.05) is 21.9 Å². The Morgan fingerprint density at radius 1 is 0.323 bits per heavy atom. The van der Waals surface area contributed by atoms with Crippen molar-refractivity contribution in [2.45, 2.75) is 259 Å². The first-order valence-electron chi connectivity index (χ1n) is 26.8. The minimum Gasteiger partial charge on any atom is -0.455 e. The third-order valence-electron chi connectivity index (χ3n) is 13.7. The molecule has 5 rings (SSSR count). The van der Waals surface area contributed by atoms with Crippen LogP contribution in [0.3, 0.4) is 0 Å². The molecule has 0 aliphatic carbocycles. The first-order valence-corrected chi connectivity index (χ1v) is 28.6. The van der Waals surface area contributed by atoms with E-state index in [9.17, 15) is 0 Å². The molecule has 0 atom stereocenters. The average Bonchev–Trinajstić information content (AvgIpc) is 4.10. The summed E-state index contributed by atoms with van der Waals surface area (Å²) in [5.41, 5.74) is 7.87. The van der Waals surface area contributed by atoms with Crippen LogP contribution in [-0.2, 0) is 25.7 Å². The summed E-state index contributed by atoms with van der Waals surface area (Å²) in [6.45, 7) is 9.24. The van der Waals surface area contributed by atoms with Crippen molar-refractivity contribution in [1.29, 1.82) is 0 Å². The van der Waals surface area contributed by atoms with Gasteiger partial charge in [-0.25, -0.2) is 0 Å². The van der Waals surface area contributed by atoms with E-state index in [-0.39, 0.29) is 0 Å². The zero-order valence-electron chi connectivity index (χ0n) is 40.6. The monoisotopic (exact) mass is 883 g/mol. The highest BCUT2D eigenvalue weighted by atomic mass is 32.1. The Labute approximate surface area is 388 Å². The Morgan fingerprint density at radius 2 is 0.597 bits per heavy atom. The third kappa shape index (κ3) is 17.2. The third-order valence-corrected chi connectivity index (χ3v) is 15.6. The van der Waals surface area contributed by atoms with Crippen molar-refractivity contribution in [2.24, 2.45) is 0 Å². The summed E-state index contributed by atoms with van der Waals surface area (Å²) in [5.74, 6) is 2.24. The van der Waals surface area contributed by atoms with Gasteiger partial charge in [0.2, 0.25) is 0 Å². The largest absolute Gasteiger partial charge is 0.455 e. The summed E-state index contributed by atoms with van der Waals surface area (Å²) in [7, 11) is 0. The molecule has 346 valence electrons. The number of fused-ring (bicyclic) bond motifs is 2. The number of benzene rings is 1. The highest BCUT2D eigenvalue weighted by molar-refractivity contribution is 7.14. The van der Waals surface area contributed by atoms with Crippen molar-refractivity contribution in [3.05, 3.63) is 57.3 Å². The molecule has 0 amide bonds. The van der Waals surface area contributed by atoms with Gasteiger partial charge in [-0.2, -0.15) is 0 Å². The molecule has 62 heavy (non-hydrogen) atoms. The highest BCUT2D eigenvalue weighted by Gasteiger charge is 2.23. The summed E-state index contributed by atoms with van der Waals surface area (Å²) in [5, 5.41) is 7.37. The summed E-state index contributed by atoms with van der Waals surface area (Å²) < 4.78 is 14.1. The smallest absolute Gasteiger partial charge is 0.148 e. The SMILES string of the molecule is CCCCCCCCCCc1csc(-c2oc3cc4c(CCCCCCCCCC)c(-c5cc(CCCCCCCCCC)cs5)oc4cc3c2CCCCCCCCCC)c1. The van der Waals surface area contributed by atoms with Crippen molar-refractivity contribution >= 4 is 44.6 Å². The molecule has 0 aliphatic heterocycles. The molecule has 4 aromatic heterocycles. The van der Waals surface area contributed by atoms with E-state index < -0.39 is 0 Å². The highest BCUT2D eigenvalue weighted by Crippen LogP contribution is 2.44. The first kappa shape index (κ1) is 50.7. The molecular formula is C58H90O2S2. The predicted octanol–water partition coefficient (Wildman–Crippen LogP) is 21.4. The molecule has 0 saturated heterocycles. The van der Waals surface area contributed by atoms with Gasteiger partial charge in [-0.05, 0) is 97.5 Å². The Morgan fingerprint density at radius 3 is 0.903 bits per heavy atom. The van der Waals surface area contributed by atoms with Crippen molar-refractivity contribution in [2.75, 3.05) is 0 Å². The molecule has 0 aliphatic rings. The minimum atomic E-state index is 1.05. The summed E-state index contributed by atoms with van der Waals surface area (Å²) in [6.07, 6.45) is 47.8. The average molecular weight is 883 g/mol. The number of thiophene rings is 2. The van der Waals surface area contributed by atoms with Crippen LogP contribution in [0.4, 0.5) is 0 Å². The van der Waals surface area contributed by atoms with Crippen molar-refractivity contribution in [1.82, 2.24) is 0 Å². The van der Waals surface area contributed by atoms with Gasteiger partial charge in [0.25, 0.3) is 0 Å². The Hall–Kier alpha value is -2.30. The van der Waals surface area contributed by atoms with Gasteiger partial charge in [0.15, 0.2) is 0 Å². The van der Waals surface area contributed by atoms with Gasteiger partial charge in [0.1, 0.15) is 22.7 Å². The van der Waals surface area contributed by atoms with Gasteiger partial charge >= 0.3 is 0 Å². The summed E-state index contributed by atoms with van der Waals surface area (Å²) >= 11 is 3.79. The maximum atomic E-state index is 7.05. The lowest BCUT2D eigenvalue weighted by Gasteiger charge is -2.04. The molecule has 0 unspecified atom stereocenters. The second-order valence-electron chi connectivity index (χ2n) is 19.2. The zero-order chi connectivity index (χ0) is 43.5. The molecule has 2 nitrogen and oxygen atoms in total. The maximum absolute atomic E-state index is 7.05. The fraction of sp³-hybridized carbons (Fsp3) is 0.690. The number of hydrogen-bond acceptors (Lipinski definition) is 4. The van der Waals surface area contributed by atoms with Crippen LogP contribution in [0.2, 0.25) is 0 Å². The second-order valence-corrected chi connectivity index (χ2v) is 21.0. The topological polar surface area (TPSA) is 26.3 Å². The summed E-state index contributed by atoms with van der Waals surface area (Å²) in [6, 6.07) is 9.67. The van der Waals surface area contributed by atoms with Gasteiger partial charge in [-0.3, -0.25) is 0 Å². The Bertz CT molecular complexity index is 1740. The number of unbranched alkanes of at least 4 members (excludes halogenated alkanes) is 28. The lowest BCUT2D eigenvalue weighted by atomic mass is 9.98. The molecule has 0 spiro atoms. The Kier molecular flexibility index (Phi) is 25.2. The molecule has 4 heterocycles. The quantitative estimate of drug-likeness (QED) is 0.0369. The van der Waals surface area contributed by atoms with Gasteiger partial charge in [-0.1, -0.05) is 207 Å². The van der Waals surface area contributed by atoms with Gasteiger partial charge in [-0.15, -0.1) is 22.7 Å².